The van der Waals surface area contributed by atoms with Gasteiger partial charge in [-0.25, -0.2) is 0 Å². The molecule has 0 unspecified atom stereocenters. The van der Waals surface area contributed by atoms with E-state index in [2.05, 4.69) is 9.88 Å². The number of methoxy groups -OCH3 is 2. The van der Waals surface area contributed by atoms with E-state index in [0.29, 0.717) is 53.8 Å². The van der Waals surface area contributed by atoms with Crippen molar-refractivity contribution in [3.8, 4) is 11.5 Å². The van der Waals surface area contributed by atoms with Crippen molar-refractivity contribution >= 4 is 29.1 Å². The summed E-state index contributed by atoms with van der Waals surface area (Å²) in [4.78, 5) is 37.8. The van der Waals surface area contributed by atoms with Gasteiger partial charge in [-0.1, -0.05) is 23.7 Å². The number of anilines is 1. The lowest BCUT2D eigenvalue weighted by atomic mass is 9.79. The lowest BCUT2D eigenvalue weighted by Crippen LogP contribution is -2.53. The van der Waals surface area contributed by atoms with Crippen LogP contribution in [-0.4, -0.2) is 74.0 Å². The maximum atomic E-state index is 14.3. The van der Waals surface area contributed by atoms with E-state index in [1.807, 2.05) is 41.3 Å². The van der Waals surface area contributed by atoms with Crippen LogP contribution >= 0.6 is 11.6 Å². The Hall–Kier alpha value is -3.78. The van der Waals surface area contributed by atoms with Crippen LogP contribution in [0.5, 0.6) is 11.5 Å². The minimum atomic E-state index is -0.626. The third-order valence-corrected chi connectivity index (χ3v) is 7.47. The van der Waals surface area contributed by atoms with E-state index in [-0.39, 0.29) is 11.8 Å². The highest BCUT2D eigenvalue weighted by atomic mass is 35.5. The van der Waals surface area contributed by atoms with E-state index in [0.717, 1.165) is 11.3 Å². The minimum Gasteiger partial charge on any atom is -0.493 e. The first-order valence-corrected chi connectivity index (χ1v) is 12.5. The number of rotatable bonds is 5. The van der Waals surface area contributed by atoms with Crippen molar-refractivity contribution in [2.45, 2.75) is 12.0 Å². The third-order valence-electron chi connectivity index (χ3n) is 7.23. The van der Waals surface area contributed by atoms with Gasteiger partial charge in [0.2, 0.25) is 5.91 Å². The molecule has 1 saturated heterocycles. The third kappa shape index (κ3) is 4.57. The summed E-state index contributed by atoms with van der Waals surface area (Å²) >= 11 is 6.19. The first-order valence-electron chi connectivity index (χ1n) is 12.1. The fourth-order valence-electron chi connectivity index (χ4n) is 5.34. The monoisotopic (exact) mass is 520 g/mol. The Morgan fingerprint density at radius 2 is 1.73 bits per heavy atom. The number of piperazine rings is 1. The molecule has 3 heterocycles. The maximum absolute atomic E-state index is 14.3. The van der Waals surface area contributed by atoms with Crippen LogP contribution in [0.15, 0.2) is 60.9 Å². The van der Waals surface area contributed by atoms with Crippen molar-refractivity contribution in [2.24, 2.45) is 0 Å². The SMILES string of the molecule is COc1cc2c(cc1OC)[C@H](C(=O)N1CCN(c3cccc(Cl)c3)CC1)[C@H](c1cccnc1)N(C)C2=O. The fourth-order valence-corrected chi connectivity index (χ4v) is 5.52. The molecule has 0 aliphatic carbocycles. The molecule has 8 nitrogen and oxygen atoms in total. The minimum absolute atomic E-state index is 0.0348. The van der Waals surface area contributed by atoms with Gasteiger partial charge in [0.05, 0.1) is 26.2 Å². The molecule has 0 bridgehead atoms. The molecule has 0 N–H and O–H groups in total. The highest BCUT2D eigenvalue weighted by Crippen LogP contribution is 2.46. The fraction of sp³-hybridized carbons (Fsp3) is 0.321. The summed E-state index contributed by atoms with van der Waals surface area (Å²) in [6.45, 7) is 2.48. The number of halogens is 1. The van der Waals surface area contributed by atoms with Crippen molar-refractivity contribution in [3.05, 3.63) is 82.6 Å². The van der Waals surface area contributed by atoms with E-state index in [1.165, 1.54) is 7.11 Å². The molecule has 0 radical (unpaired) electrons. The molecule has 2 atom stereocenters. The van der Waals surface area contributed by atoms with Gasteiger partial charge in [-0.15, -0.1) is 0 Å². The summed E-state index contributed by atoms with van der Waals surface area (Å²) in [6.07, 6.45) is 3.40. The van der Waals surface area contributed by atoms with Gasteiger partial charge in [0.15, 0.2) is 11.5 Å². The lowest BCUT2D eigenvalue weighted by Gasteiger charge is -2.43. The van der Waals surface area contributed by atoms with Gasteiger partial charge >= 0.3 is 0 Å². The van der Waals surface area contributed by atoms with Crippen LogP contribution in [-0.2, 0) is 4.79 Å². The highest BCUT2D eigenvalue weighted by molar-refractivity contribution is 6.30. The molecule has 1 fully saturated rings. The molecule has 0 saturated carbocycles. The Bertz CT molecular complexity index is 1310. The van der Waals surface area contributed by atoms with Crippen molar-refractivity contribution in [3.63, 3.8) is 0 Å². The predicted molar refractivity (Wildman–Crippen MR) is 142 cm³/mol. The number of amides is 2. The van der Waals surface area contributed by atoms with Gasteiger partial charge in [0, 0.05) is 61.9 Å². The number of hydrogen-bond acceptors (Lipinski definition) is 6. The topological polar surface area (TPSA) is 75.2 Å². The number of benzene rings is 2. The summed E-state index contributed by atoms with van der Waals surface area (Å²) in [7, 11) is 4.81. The molecule has 1 aromatic heterocycles. The molecule has 2 aliphatic heterocycles. The second-order valence-corrected chi connectivity index (χ2v) is 9.65. The zero-order valence-corrected chi connectivity index (χ0v) is 21.8. The molecule has 9 heteroatoms. The van der Waals surface area contributed by atoms with Crippen molar-refractivity contribution in [1.29, 1.82) is 0 Å². The van der Waals surface area contributed by atoms with E-state index >= 15 is 0 Å². The smallest absolute Gasteiger partial charge is 0.254 e. The summed E-state index contributed by atoms with van der Waals surface area (Å²) in [6, 6.07) is 14.4. The number of carbonyl (C=O) groups excluding carboxylic acids is 2. The molecular weight excluding hydrogens is 492 g/mol. The van der Waals surface area contributed by atoms with E-state index in [4.69, 9.17) is 21.1 Å². The number of aromatic nitrogens is 1. The number of carbonyl (C=O) groups is 2. The highest BCUT2D eigenvalue weighted by Gasteiger charge is 2.45. The molecule has 2 aliphatic rings. The Morgan fingerprint density at radius 3 is 2.38 bits per heavy atom. The average Bonchev–Trinajstić information content (AvgIpc) is 2.94. The van der Waals surface area contributed by atoms with E-state index in [9.17, 15) is 9.59 Å². The zero-order chi connectivity index (χ0) is 26.1. The molecule has 2 aromatic carbocycles. The standard InChI is InChI=1S/C28H29ClN4O4/c1-31-26(18-6-5-9-30-17-18)25(21-15-23(36-2)24(37-3)16-22(21)27(31)34)28(35)33-12-10-32(11-13-33)20-8-4-7-19(29)14-20/h4-9,14-17,25-26H,10-13H2,1-3H3/t25-,26-/m0/s1. The number of hydrogen-bond donors (Lipinski definition) is 0. The van der Waals surface area contributed by atoms with Gasteiger partial charge in [0.1, 0.15) is 0 Å². The van der Waals surface area contributed by atoms with Crippen LogP contribution in [0.4, 0.5) is 5.69 Å². The lowest BCUT2D eigenvalue weighted by molar-refractivity contribution is -0.134. The van der Waals surface area contributed by atoms with Gasteiger partial charge in [-0.3, -0.25) is 14.6 Å². The molecule has 3 aromatic rings. The first-order chi connectivity index (χ1) is 17.9. The van der Waals surface area contributed by atoms with Crippen LogP contribution < -0.4 is 14.4 Å². The summed E-state index contributed by atoms with van der Waals surface area (Å²) in [5, 5.41) is 0.686. The van der Waals surface area contributed by atoms with Crippen LogP contribution in [0.1, 0.15) is 33.4 Å². The number of likely N-dealkylation sites (N-methyl/N-ethyl adjacent to an activating group) is 1. The first kappa shape index (κ1) is 24.9. The molecule has 0 spiro atoms. The van der Waals surface area contributed by atoms with Crippen LogP contribution in [0.25, 0.3) is 0 Å². The Morgan fingerprint density at radius 1 is 1.00 bits per heavy atom. The number of fused-ring (bicyclic) bond motifs is 1. The Balaban J connectivity index is 1.52. The molecule has 5 rings (SSSR count). The second-order valence-electron chi connectivity index (χ2n) is 9.21. The molecular formula is C28H29ClN4O4. The quantitative estimate of drug-likeness (QED) is 0.506. The Labute approximate surface area is 221 Å². The van der Waals surface area contributed by atoms with Crippen molar-refractivity contribution < 1.29 is 19.1 Å². The summed E-state index contributed by atoms with van der Waals surface area (Å²) in [5.74, 6) is 0.0859. The predicted octanol–water partition coefficient (Wildman–Crippen LogP) is 4.01. The molecule has 37 heavy (non-hydrogen) atoms. The molecule has 2 amide bonds. The van der Waals surface area contributed by atoms with Gasteiger partial charge in [-0.05, 0) is 47.5 Å². The van der Waals surface area contributed by atoms with Crippen LogP contribution in [0.2, 0.25) is 5.02 Å². The van der Waals surface area contributed by atoms with Crippen molar-refractivity contribution in [2.75, 3.05) is 52.3 Å². The summed E-state index contributed by atoms with van der Waals surface area (Å²) < 4.78 is 11.0. The summed E-state index contributed by atoms with van der Waals surface area (Å²) in [5.41, 5.74) is 2.92. The second kappa shape index (κ2) is 10.3. The van der Waals surface area contributed by atoms with Gasteiger partial charge in [-0.2, -0.15) is 0 Å². The van der Waals surface area contributed by atoms with Crippen LogP contribution in [0.3, 0.4) is 0 Å². The van der Waals surface area contributed by atoms with Gasteiger partial charge < -0.3 is 24.2 Å². The maximum Gasteiger partial charge on any atom is 0.254 e. The average molecular weight is 521 g/mol. The number of ether oxygens (including phenoxy) is 2. The normalized spacial score (nSPS) is 19.5. The molecule has 192 valence electrons. The largest absolute Gasteiger partial charge is 0.493 e. The number of pyridine rings is 1. The van der Waals surface area contributed by atoms with Gasteiger partial charge in [0.25, 0.3) is 5.91 Å². The van der Waals surface area contributed by atoms with Crippen LogP contribution in [0, 0.1) is 0 Å². The zero-order valence-electron chi connectivity index (χ0n) is 21.1. The number of nitrogens with zero attached hydrogens (tertiary/aromatic N) is 4. The van der Waals surface area contributed by atoms with E-state index < -0.39 is 12.0 Å². The Kier molecular flexibility index (Phi) is 6.93. The van der Waals surface area contributed by atoms with E-state index in [1.54, 1.807) is 43.6 Å². The van der Waals surface area contributed by atoms with Crippen molar-refractivity contribution in [1.82, 2.24) is 14.8 Å².